The first-order chi connectivity index (χ1) is 5.61. The summed E-state index contributed by atoms with van der Waals surface area (Å²) in [7, 11) is 0. The summed E-state index contributed by atoms with van der Waals surface area (Å²) in [6, 6.07) is 0. The minimum absolute atomic E-state index is 0.0920. The number of rotatable bonds is 4. The predicted molar refractivity (Wildman–Crippen MR) is 52.0 cm³/mol. The van der Waals surface area contributed by atoms with Crippen molar-refractivity contribution in [2.24, 2.45) is 17.8 Å². The van der Waals surface area contributed by atoms with E-state index in [1.807, 2.05) is 0 Å². The van der Waals surface area contributed by atoms with Gasteiger partial charge in [-0.2, -0.15) is 0 Å². The van der Waals surface area contributed by atoms with Crippen LogP contribution >= 0.6 is 0 Å². The molecule has 1 heteroatoms. The highest BCUT2D eigenvalue weighted by atomic mass is 16.3. The molecule has 0 aliphatic heterocycles. The fourth-order valence-corrected chi connectivity index (χ4v) is 2.05. The van der Waals surface area contributed by atoms with Gasteiger partial charge >= 0.3 is 0 Å². The number of hydrogen-bond acceptors (Lipinski definition) is 1. The van der Waals surface area contributed by atoms with Crippen LogP contribution < -0.4 is 0 Å². The van der Waals surface area contributed by atoms with Crippen LogP contribution in [-0.2, 0) is 0 Å². The van der Waals surface area contributed by atoms with Gasteiger partial charge in [0, 0.05) is 0 Å². The molecular weight excluding hydrogens is 148 g/mol. The quantitative estimate of drug-likeness (QED) is 0.688. The average molecular weight is 170 g/mol. The van der Waals surface area contributed by atoms with Gasteiger partial charge in [-0.3, -0.25) is 0 Å². The lowest BCUT2D eigenvalue weighted by Gasteiger charge is -2.31. The highest BCUT2D eigenvalue weighted by Gasteiger charge is 2.24. The summed E-state index contributed by atoms with van der Waals surface area (Å²) < 4.78 is 0. The second kappa shape index (κ2) is 4.27. The summed E-state index contributed by atoms with van der Waals surface area (Å²) in [5.41, 5.74) is 0. The molecule has 1 nitrogen and oxygen atoms in total. The van der Waals surface area contributed by atoms with Gasteiger partial charge in [-0.25, -0.2) is 0 Å². The van der Waals surface area contributed by atoms with Crippen molar-refractivity contribution in [1.29, 1.82) is 0 Å². The van der Waals surface area contributed by atoms with Crippen molar-refractivity contribution in [2.45, 2.75) is 52.6 Å². The third-order valence-electron chi connectivity index (χ3n) is 3.20. The first-order valence-corrected chi connectivity index (χ1v) is 5.29. The number of aliphatic hydroxyl groups is 1. The summed E-state index contributed by atoms with van der Waals surface area (Å²) in [6.45, 7) is 6.38. The number of aliphatic hydroxyl groups excluding tert-OH is 1. The smallest absolute Gasteiger partial charge is 0.0588 e. The van der Waals surface area contributed by atoms with E-state index in [9.17, 15) is 5.11 Å². The minimum atomic E-state index is -0.0920. The maximum atomic E-state index is 9.76. The van der Waals surface area contributed by atoms with Gasteiger partial charge in [0.1, 0.15) is 0 Å². The molecular formula is C11H22O. The molecule has 0 amide bonds. The van der Waals surface area contributed by atoms with Crippen molar-refractivity contribution >= 4 is 0 Å². The fraction of sp³-hybridized carbons (Fsp3) is 1.00. The van der Waals surface area contributed by atoms with Gasteiger partial charge in [0.15, 0.2) is 0 Å². The molecule has 1 rings (SSSR count). The summed E-state index contributed by atoms with van der Waals surface area (Å²) >= 11 is 0. The van der Waals surface area contributed by atoms with Crippen molar-refractivity contribution < 1.29 is 5.11 Å². The minimum Gasteiger partial charge on any atom is -0.393 e. The van der Waals surface area contributed by atoms with E-state index >= 15 is 0 Å². The average Bonchev–Trinajstić information content (AvgIpc) is 1.94. The predicted octanol–water partition coefficient (Wildman–Crippen LogP) is 2.83. The van der Waals surface area contributed by atoms with Crippen LogP contribution in [0.3, 0.4) is 0 Å². The Morgan fingerprint density at radius 3 is 2.17 bits per heavy atom. The highest BCUT2D eigenvalue weighted by Crippen LogP contribution is 2.33. The van der Waals surface area contributed by atoms with Gasteiger partial charge in [0.2, 0.25) is 0 Å². The Bertz CT molecular complexity index is 127. The fourth-order valence-electron chi connectivity index (χ4n) is 2.05. The van der Waals surface area contributed by atoms with Crippen LogP contribution in [0.4, 0.5) is 0 Å². The highest BCUT2D eigenvalue weighted by molar-refractivity contribution is 4.76. The van der Waals surface area contributed by atoms with Gasteiger partial charge < -0.3 is 5.11 Å². The molecule has 1 saturated carbocycles. The second-order valence-electron chi connectivity index (χ2n) is 4.74. The summed E-state index contributed by atoms with van der Waals surface area (Å²) in [4.78, 5) is 0. The molecule has 12 heavy (non-hydrogen) atoms. The van der Waals surface area contributed by atoms with Crippen LogP contribution in [0.2, 0.25) is 0 Å². The maximum Gasteiger partial charge on any atom is 0.0588 e. The first-order valence-electron chi connectivity index (χ1n) is 5.29. The van der Waals surface area contributed by atoms with Gasteiger partial charge in [0.05, 0.1) is 6.10 Å². The Kier molecular flexibility index (Phi) is 3.57. The molecule has 0 spiro atoms. The van der Waals surface area contributed by atoms with E-state index in [1.54, 1.807) is 0 Å². The zero-order valence-corrected chi connectivity index (χ0v) is 8.59. The van der Waals surface area contributed by atoms with E-state index < -0.39 is 0 Å². The van der Waals surface area contributed by atoms with Gasteiger partial charge in [0.25, 0.3) is 0 Å². The maximum absolute atomic E-state index is 9.76. The Balaban J connectivity index is 2.21. The van der Waals surface area contributed by atoms with Gasteiger partial charge in [-0.05, 0) is 24.2 Å². The van der Waals surface area contributed by atoms with Crippen molar-refractivity contribution in [3.8, 4) is 0 Å². The molecule has 0 aromatic heterocycles. The van der Waals surface area contributed by atoms with Crippen LogP contribution in [0, 0.1) is 17.8 Å². The normalized spacial score (nSPS) is 23.8. The molecule has 1 aliphatic carbocycles. The summed E-state index contributed by atoms with van der Waals surface area (Å²) in [5, 5.41) is 9.76. The third-order valence-corrected chi connectivity index (χ3v) is 3.20. The molecule has 0 heterocycles. The van der Waals surface area contributed by atoms with Crippen molar-refractivity contribution in [1.82, 2.24) is 0 Å². The van der Waals surface area contributed by atoms with E-state index in [0.29, 0.717) is 11.8 Å². The van der Waals surface area contributed by atoms with E-state index in [1.165, 1.54) is 25.7 Å². The zero-order valence-electron chi connectivity index (χ0n) is 8.59. The second-order valence-corrected chi connectivity index (χ2v) is 4.74. The van der Waals surface area contributed by atoms with Crippen LogP contribution in [0.25, 0.3) is 0 Å². The molecule has 0 radical (unpaired) electrons. The molecule has 0 aromatic rings. The van der Waals surface area contributed by atoms with Gasteiger partial charge in [-0.15, -0.1) is 0 Å². The topological polar surface area (TPSA) is 20.2 Å². The van der Waals surface area contributed by atoms with Crippen LogP contribution in [0.1, 0.15) is 46.5 Å². The molecule has 0 saturated heterocycles. The standard InChI is InChI=1S/C11H22O/c1-8(2)11(12)9(3)7-10-5-4-6-10/h8-12H,4-7H2,1-3H3. The molecule has 0 aromatic carbocycles. The monoisotopic (exact) mass is 170 g/mol. The molecule has 0 bridgehead atoms. The summed E-state index contributed by atoms with van der Waals surface area (Å²) in [6.07, 6.45) is 5.35. The molecule has 1 fully saturated rings. The van der Waals surface area contributed by atoms with E-state index in [0.717, 1.165) is 5.92 Å². The van der Waals surface area contributed by atoms with Crippen molar-refractivity contribution in [3.63, 3.8) is 0 Å². The molecule has 1 N–H and O–H groups in total. The SMILES string of the molecule is CC(C)C(O)C(C)CC1CCC1. The Morgan fingerprint density at radius 1 is 1.25 bits per heavy atom. The van der Waals surface area contributed by atoms with E-state index in [-0.39, 0.29) is 6.10 Å². The van der Waals surface area contributed by atoms with E-state index in [4.69, 9.17) is 0 Å². The van der Waals surface area contributed by atoms with Gasteiger partial charge in [-0.1, -0.05) is 40.0 Å². The van der Waals surface area contributed by atoms with Crippen LogP contribution in [0.5, 0.6) is 0 Å². The Labute approximate surface area is 76.2 Å². The number of hydrogen-bond donors (Lipinski definition) is 1. The summed E-state index contributed by atoms with van der Waals surface area (Å²) in [5.74, 6) is 1.84. The lowest BCUT2D eigenvalue weighted by molar-refractivity contribution is 0.0528. The largest absolute Gasteiger partial charge is 0.393 e. The molecule has 72 valence electrons. The molecule has 2 atom stereocenters. The Morgan fingerprint density at radius 2 is 1.83 bits per heavy atom. The molecule has 1 aliphatic rings. The Hall–Kier alpha value is -0.0400. The van der Waals surface area contributed by atoms with Crippen molar-refractivity contribution in [3.05, 3.63) is 0 Å². The first kappa shape index (κ1) is 10.0. The van der Waals surface area contributed by atoms with E-state index in [2.05, 4.69) is 20.8 Å². The lowest BCUT2D eigenvalue weighted by atomic mass is 9.77. The van der Waals surface area contributed by atoms with Crippen LogP contribution in [0.15, 0.2) is 0 Å². The lowest BCUT2D eigenvalue weighted by Crippen LogP contribution is -2.27. The van der Waals surface area contributed by atoms with Crippen LogP contribution in [-0.4, -0.2) is 11.2 Å². The third kappa shape index (κ3) is 2.48. The zero-order chi connectivity index (χ0) is 9.14. The molecule has 2 unspecified atom stereocenters. The van der Waals surface area contributed by atoms with Crippen molar-refractivity contribution in [2.75, 3.05) is 0 Å².